The van der Waals surface area contributed by atoms with Crippen molar-refractivity contribution in [2.45, 2.75) is 6.61 Å². The lowest BCUT2D eigenvalue weighted by Gasteiger charge is -2.11. The molecule has 7 nitrogen and oxygen atoms in total. The Hall–Kier alpha value is -3.35. The Morgan fingerprint density at radius 3 is 2.67 bits per heavy atom. The number of carboxylic acid groups (broad SMARTS) is 1. The van der Waals surface area contributed by atoms with Gasteiger partial charge in [0, 0.05) is 17.7 Å². The number of benzene rings is 2. The second-order valence-corrected chi connectivity index (χ2v) is 4.76. The first-order valence-electron chi connectivity index (χ1n) is 6.95. The number of methoxy groups -OCH3 is 1. The molecule has 0 aromatic heterocycles. The van der Waals surface area contributed by atoms with Gasteiger partial charge in [-0.05, 0) is 29.8 Å². The molecule has 2 aromatic rings. The number of rotatable bonds is 7. The quantitative estimate of drug-likeness (QED) is 0.475. The minimum atomic E-state index is -1.05. The van der Waals surface area contributed by atoms with Gasteiger partial charge in [-0.15, -0.1) is 0 Å². The zero-order chi connectivity index (χ0) is 17.5. The molecule has 0 aliphatic heterocycles. The number of ether oxygens (including phenoxy) is 2. The fraction of sp³-hybridized carbons (Fsp3) is 0.118. The van der Waals surface area contributed by atoms with Crippen LogP contribution < -0.4 is 9.47 Å². The second-order valence-electron chi connectivity index (χ2n) is 4.76. The molecule has 0 atom stereocenters. The van der Waals surface area contributed by atoms with Crippen molar-refractivity contribution in [3.63, 3.8) is 0 Å². The lowest BCUT2D eigenvalue weighted by molar-refractivity contribution is -0.385. The average Bonchev–Trinajstić information content (AvgIpc) is 2.58. The van der Waals surface area contributed by atoms with Crippen LogP contribution in [0.4, 0.5) is 5.69 Å². The van der Waals surface area contributed by atoms with E-state index in [0.717, 1.165) is 6.08 Å². The highest BCUT2D eigenvalue weighted by Crippen LogP contribution is 2.28. The van der Waals surface area contributed by atoms with Gasteiger partial charge in [0.15, 0.2) is 5.75 Å². The summed E-state index contributed by atoms with van der Waals surface area (Å²) in [5.74, 6) is -0.361. The highest BCUT2D eigenvalue weighted by molar-refractivity contribution is 5.85. The molecule has 0 amide bonds. The van der Waals surface area contributed by atoms with Gasteiger partial charge in [-0.2, -0.15) is 0 Å². The molecule has 0 saturated carbocycles. The van der Waals surface area contributed by atoms with Crippen LogP contribution in [0.15, 0.2) is 48.5 Å². The van der Waals surface area contributed by atoms with Crippen LogP contribution in [0.5, 0.6) is 11.5 Å². The van der Waals surface area contributed by atoms with Crippen molar-refractivity contribution in [2.75, 3.05) is 7.11 Å². The molecule has 2 rings (SSSR count). The average molecular weight is 329 g/mol. The summed E-state index contributed by atoms with van der Waals surface area (Å²) in [5.41, 5.74) is 1.17. The Kier molecular flexibility index (Phi) is 5.51. The maximum absolute atomic E-state index is 11.0. The largest absolute Gasteiger partial charge is 0.496 e. The smallest absolute Gasteiger partial charge is 0.328 e. The first kappa shape index (κ1) is 17.0. The number of aliphatic carboxylic acids is 1. The van der Waals surface area contributed by atoms with Crippen molar-refractivity contribution in [1.82, 2.24) is 0 Å². The van der Waals surface area contributed by atoms with E-state index in [1.165, 1.54) is 25.3 Å². The minimum Gasteiger partial charge on any atom is -0.496 e. The molecule has 0 bridgehead atoms. The lowest BCUT2D eigenvalue weighted by atomic mass is 10.1. The minimum absolute atomic E-state index is 0.0444. The van der Waals surface area contributed by atoms with Gasteiger partial charge in [0.25, 0.3) is 0 Å². The molecule has 0 spiro atoms. The molecule has 1 N–H and O–H groups in total. The molecule has 24 heavy (non-hydrogen) atoms. The van der Waals surface area contributed by atoms with E-state index < -0.39 is 10.9 Å². The number of nitrogens with zero attached hydrogens (tertiary/aromatic N) is 1. The number of para-hydroxylation sites is 2. The summed E-state index contributed by atoms with van der Waals surface area (Å²) in [6.07, 6.45) is 2.46. The summed E-state index contributed by atoms with van der Waals surface area (Å²) in [6.45, 7) is 0.0444. The van der Waals surface area contributed by atoms with Crippen LogP contribution in [0.3, 0.4) is 0 Å². The Morgan fingerprint density at radius 2 is 2.00 bits per heavy atom. The van der Waals surface area contributed by atoms with Crippen molar-refractivity contribution in [1.29, 1.82) is 0 Å². The van der Waals surface area contributed by atoms with E-state index in [0.29, 0.717) is 16.9 Å². The van der Waals surface area contributed by atoms with Crippen molar-refractivity contribution < 1.29 is 24.3 Å². The third-order valence-corrected chi connectivity index (χ3v) is 3.17. The molecule has 0 aliphatic rings. The molecule has 0 aliphatic carbocycles. The van der Waals surface area contributed by atoms with Crippen LogP contribution in [0.25, 0.3) is 6.08 Å². The first-order chi connectivity index (χ1) is 11.5. The van der Waals surface area contributed by atoms with E-state index in [9.17, 15) is 14.9 Å². The summed E-state index contributed by atoms with van der Waals surface area (Å²) >= 11 is 0. The van der Waals surface area contributed by atoms with E-state index in [1.807, 2.05) is 0 Å². The van der Waals surface area contributed by atoms with E-state index in [1.54, 1.807) is 30.3 Å². The molecule has 0 saturated heterocycles. The van der Waals surface area contributed by atoms with E-state index >= 15 is 0 Å². The molecule has 2 aromatic carbocycles. The molecular weight excluding hydrogens is 314 g/mol. The van der Waals surface area contributed by atoms with Crippen LogP contribution in [0, 0.1) is 10.1 Å². The Balaban J connectivity index is 2.24. The van der Waals surface area contributed by atoms with Gasteiger partial charge in [0.1, 0.15) is 12.4 Å². The molecule has 0 unspecified atom stereocenters. The summed E-state index contributed by atoms with van der Waals surface area (Å²) in [5, 5.41) is 19.7. The summed E-state index contributed by atoms with van der Waals surface area (Å²) in [6, 6.07) is 11.2. The van der Waals surface area contributed by atoms with Gasteiger partial charge in [0.05, 0.1) is 12.0 Å². The normalized spacial score (nSPS) is 10.5. The van der Waals surface area contributed by atoms with Crippen LogP contribution in [0.1, 0.15) is 11.1 Å². The fourth-order valence-electron chi connectivity index (χ4n) is 2.07. The van der Waals surface area contributed by atoms with E-state index in [-0.39, 0.29) is 18.0 Å². The topological polar surface area (TPSA) is 98.9 Å². The molecule has 7 heteroatoms. The van der Waals surface area contributed by atoms with E-state index in [4.69, 9.17) is 14.6 Å². The highest BCUT2D eigenvalue weighted by atomic mass is 16.6. The molecule has 124 valence electrons. The van der Waals surface area contributed by atoms with Gasteiger partial charge in [-0.1, -0.05) is 18.2 Å². The SMILES string of the molecule is COc1ccc(/C=C/C(=O)O)cc1COc1ccccc1[N+](=O)[O-]. The van der Waals surface area contributed by atoms with Gasteiger partial charge in [-0.3, -0.25) is 10.1 Å². The summed E-state index contributed by atoms with van der Waals surface area (Å²) < 4.78 is 10.8. The van der Waals surface area contributed by atoms with Crippen LogP contribution >= 0.6 is 0 Å². The van der Waals surface area contributed by atoms with Crippen molar-refractivity contribution in [2.24, 2.45) is 0 Å². The first-order valence-corrected chi connectivity index (χ1v) is 6.95. The zero-order valence-electron chi connectivity index (χ0n) is 12.8. The standard InChI is InChI=1S/C17H15NO6/c1-23-15-8-6-12(7-9-17(19)20)10-13(15)11-24-16-5-3-2-4-14(16)18(21)22/h2-10H,11H2,1H3,(H,19,20)/b9-7+. The highest BCUT2D eigenvalue weighted by Gasteiger charge is 2.14. The number of nitro benzene ring substituents is 1. The maximum Gasteiger partial charge on any atom is 0.328 e. The molecular formula is C17H15NO6. The Labute approximate surface area is 137 Å². The number of nitro groups is 1. The predicted octanol–water partition coefficient (Wildman–Crippen LogP) is 3.28. The molecule has 0 radical (unpaired) electrons. The van der Waals surface area contributed by atoms with Gasteiger partial charge in [-0.25, -0.2) is 4.79 Å². The number of carbonyl (C=O) groups is 1. The van der Waals surface area contributed by atoms with Crippen LogP contribution in [-0.2, 0) is 11.4 Å². The Morgan fingerprint density at radius 1 is 1.25 bits per heavy atom. The van der Waals surface area contributed by atoms with Gasteiger partial charge >= 0.3 is 11.7 Å². The molecule has 0 fully saturated rings. The fourth-order valence-corrected chi connectivity index (χ4v) is 2.07. The second kappa shape index (κ2) is 7.77. The van der Waals surface area contributed by atoms with E-state index in [2.05, 4.69) is 0 Å². The van der Waals surface area contributed by atoms with Crippen LogP contribution in [-0.4, -0.2) is 23.1 Å². The third-order valence-electron chi connectivity index (χ3n) is 3.17. The van der Waals surface area contributed by atoms with Gasteiger partial charge in [0.2, 0.25) is 0 Å². The molecule has 0 heterocycles. The van der Waals surface area contributed by atoms with Crippen molar-refractivity contribution >= 4 is 17.7 Å². The monoisotopic (exact) mass is 329 g/mol. The number of hydrogen-bond acceptors (Lipinski definition) is 5. The summed E-state index contributed by atoms with van der Waals surface area (Å²) in [4.78, 5) is 21.1. The van der Waals surface area contributed by atoms with Crippen LogP contribution in [0.2, 0.25) is 0 Å². The van der Waals surface area contributed by atoms with Gasteiger partial charge < -0.3 is 14.6 Å². The number of carboxylic acids is 1. The van der Waals surface area contributed by atoms with Crippen molar-refractivity contribution in [3.05, 3.63) is 69.8 Å². The summed E-state index contributed by atoms with van der Waals surface area (Å²) in [7, 11) is 1.50. The maximum atomic E-state index is 11.0. The third kappa shape index (κ3) is 4.33. The number of hydrogen-bond donors (Lipinski definition) is 1. The Bertz CT molecular complexity index is 784. The predicted molar refractivity (Wildman–Crippen MR) is 87.1 cm³/mol. The zero-order valence-corrected chi connectivity index (χ0v) is 12.8. The lowest BCUT2D eigenvalue weighted by Crippen LogP contribution is -2.01. The van der Waals surface area contributed by atoms with Crippen molar-refractivity contribution in [3.8, 4) is 11.5 Å².